The number of hydrogen-bond acceptors (Lipinski definition) is 4. The summed E-state index contributed by atoms with van der Waals surface area (Å²) >= 11 is 7.21. The Morgan fingerprint density at radius 1 is 1.21 bits per heavy atom. The summed E-state index contributed by atoms with van der Waals surface area (Å²) in [5.74, 6) is 0.550. The van der Waals surface area contributed by atoms with Crippen LogP contribution in [-0.4, -0.2) is 26.3 Å². The predicted molar refractivity (Wildman–Crippen MR) is 97.2 cm³/mol. The minimum atomic E-state index is -0.344. The van der Waals surface area contributed by atoms with E-state index in [0.717, 1.165) is 5.56 Å². The van der Waals surface area contributed by atoms with Crippen LogP contribution in [0, 0.1) is 0 Å². The molecule has 0 saturated carbocycles. The summed E-state index contributed by atoms with van der Waals surface area (Å²) < 4.78 is 0. The van der Waals surface area contributed by atoms with Crippen molar-refractivity contribution in [2.45, 2.75) is 17.3 Å². The standard InChI is InChI=1S/C17H15ClN4OS/c1-11(16(23)19-14-9-5-8-13(18)10-14)24-17-20-15(21-22-17)12-6-3-2-4-7-12/h2-11H,1H3,(H,19,23)(H,20,21,22)/t11-/m1/s1. The molecule has 122 valence electrons. The van der Waals surface area contributed by atoms with Gasteiger partial charge in [-0.3, -0.25) is 9.89 Å². The second-order valence-electron chi connectivity index (χ2n) is 5.09. The number of anilines is 1. The second-order valence-corrected chi connectivity index (χ2v) is 6.84. The number of aromatic nitrogens is 3. The molecule has 7 heteroatoms. The van der Waals surface area contributed by atoms with E-state index in [9.17, 15) is 4.79 Å². The van der Waals surface area contributed by atoms with Crippen molar-refractivity contribution in [3.63, 3.8) is 0 Å². The van der Waals surface area contributed by atoms with E-state index < -0.39 is 0 Å². The fourth-order valence-corrected chi connectivity index (χ4v) is 2.96. The maximum Gasteiger partial charge on any atom is 0.237 e. The van der Waals surface area contributed by atoms with Gasteiger partial charge in [-0.2, -0.15) is 0 Å². The third-order valence-electron chi connectivity index (χ3n) is 3.26. The molecule has 2 N–H and O–H groups in total. The van der Waals surface area contributed by atoms with Crippen LogP contribution < -0.4 is 5.32 Å². The molecule has 0 aliphatic carbocycles. The van der Waals surface area contributed by atoms with Crippen LogP contribution in [0.25, 0.3) is 11.4 Å². The summed E-state index contributed by atoms with van der Waals surface area (Å²) in [4.78, 5) is 16.7. The quantitative estimate of drug-likeness (QED) is 0.669. The Morgan fingerprint density at radius 2 is 2.00 bits per heavy atom. The number of nitrogens with one attached hydrogen (secondary N) is 2. The normalized spacial score (nSPS) is 11.9. The van der Waals surface area contributed by atoms with Gasteiger partial charge in [-0.05, 0) is 25.1 Å². The van der Waals surface area contributed by atoms with Crippen LogP contribution in [0.15, 0.2) is 59.8 Å². The first-order chi connectivity index (χ1) is 11.6. The second kappa shape index (κ2) is 7.51. The number of rotatable bonds is 5. The molecule has 3 rings (SSSR count). The molecule has 0 unspecified atom stereocenters. The number of halogens is 1. The van der Waals surface area contributed by atoms with Crippen molar-refractivity contribution in [3.05, 3.63) is 59.6 Å². The van der Waals surface area contributed by atoms with E-state index in [1.165, 1.54) is 11.8 Å². The maximum atomic E-state index is 12.3. The lowest BCUT2D eigenvalue weighted by molar-refractivity contribution is -0.115. The van der Waals surface area contributed by atoms with Gasteiger partial charge in [-0.1, -0.05) is 59.8 Å². The number of thioether (sulfide) groups is 1. The molecule has 0 bridgehead atoms. The van der Waals surface area contributed by atoms with Gasteiger partial charge in [-0.15, -0.1) is 5.10 Å². The van der Waals surface area contributed by atoms with Crippen LogP contribution in [0.5, 0.6) is 0 Å². The molecule has 0 aliphatic rings. The van der Waals surface area contributed by atoms with E-state index in [1.807, 2.05) is 37.3 Å². The van der Waals surface area contributed by atoms with Crippen LogP contribution in [0.1, 0.15) is 6.92 Å². The van der Waals surface area contributed by atoms with Gasteiger partial charge in [0.25, 0.3) is 0 Å². The summed E-state index contributed by atoms with van der Waals surface area (Å²) in [5, 5.41) is 10.6. The largest absolute Gasteiger partial charge is 0.325 e. The molecule has 1 heterocycles. The van der Waals surface area contributed by atoms with E-state index >= 15 is 0 Å². The average molecular weight is 359 g/mol. The molecule has 0 aliphatic heterocycles. The topological polar surface area (TPSA) is 70.7 Å². The molecular weight excluding hydrogens is 344 g/mol. The lowest BCUT2D eigenvalue weighted by Crippen LogP contribution is -2.22. The summed E-state index contributed by atoms with van der Waals surface area (Å²) in [7, 11) is 0. The van der Waals surface area contributed by atoms with E-state index in [4.69, 9.17) is 11.6 Å². The lowest BCUT2D eigenvalue weighted by Gasteiger charge is -2.10. The van der Waals surface area contributed by atoms with Gasteiger partial charge >= 0.3 is 0 Å². The number of benzene rings is 2. The third kappa shape index (κ3) is 4.15. The molecule has 0 spiro atoms. The number of amides is 1. The van der Waals surface area contributed by atoms with Gasteiger partial charge in [0, 0.05) is 16.3 Å². The highest BCUT2D eigenvalue weighted by Crippen LogP contribution is 2.24. The summed E-state index contributed by atoms with van der Waals surface area (Å²) in [5.41, 5.74) is 1.62. The zero-order valence-corrected chi connectivity index (χ0v) is 14.4. The molecule has 1 amide bonds. The molecule has 1 aromatic heterocycles. The van der Waals surface area contributed by atoms with Gasteiger partial charge in [0.15, 0.2) is 5.82 Å². The molecule has 2 aromatic carbocycles. The number of hydrogen-bond donors (Lipinski definition) is 2. The van der Waals surface area contributed by atoms with Crippen LogP contribution in [-0.2, 0) is 4.79 Å². The van der Waals surface area contributed by atoms with E-state index in [2.05, 4.69) is 20.5 Å². The van der Waals surface area contributed by atoms with Crippen molar-refractivity contribution in [1.29, 1.82) is 0 Å². The van der Waals surface area contributed by atoms with Crippen molar-refractivity contribution in [2.24, 2.45) is 0 Å². The smallest absolute Gasteiger partial charge is 0.237 e. The Bertz CT molecular complexity index is 837. The van der Waals surface area contributed by atoms with Crippen molar-refractivity contribution >= 4 is 35.0 Å². The van der Waals surface area contributed by atoms with Crippen molar-refractivity contribution in [1.82, 2.24) is 15.2 Å². The van der Waals surface area contributed by atoms with E-state index in [0.29, 0.717) is 21.7 Å². The fraction of sp³-hybridized carbons (Fsp3) is 0.118. The van der Waals surface area contributed by atoms with Crippen LogP contribution in [0.2, 0.25) is 5.02 Å². The average Bonchev–Trinajstić information content (AvgIpc) is 3.04. The highest BCUT2D eigenvalue weighted by atomic mass is 35.5. The Labute approximate surface area is 148 Å². The third-order valence-corrected chi connectivity index (χ3v) is 4.45. The monoisotopic (exact) mass is 358 g/mol. The van der Waals surface area contributed by atoms with E-state index in [-0.39, 0.29) is 11.2 Å². The highest BCUT2D eigenvalue weighted by Gasteiger charge is 2.17. The first-order valence-electron chi connectivity index (χ1n) is 7.33. The number of H-pyrrole nitrogens is 1. The minimum absolute atomic E-state index is 0.131. The Hall–Kier alpha value is -2.31. The first-order valence-corrected chi connectivity index (χ1v) is 8.58. The van der Waals surface area contributed by atoms with E-state index in [1.54, 1.807) is 24.3 Å². The van der Waals surface area contributed by atoms with Gasteiger partial charge in [-0.25, -0.2) is 4.98 Å². The summed E-state index contributed by atoms with van der Waals surface area (Å²) in [6.07, 6.45) is 0. The molecule has 1 atom stereocenters. The number of aromatic amines is 1. The molecular formula is C17H15ClN4OS. The predicted octanol–water partition coefficient (Wildman–Crippen LogP) is 4.24. The van der Waals surface area contributed by atoms with Crippen molar-refractivity contribution in [2.75, 3.05) is 5.32 Å². The molecule has 24 heavy (non-hydrogen) atoms. The number of carbonyl (C=O) groups excluding carboxylic acids is 1. The Kier molecular flexibility index (Phi) is 5.17. The van der Waals surface area contributed by atoms with Crippen molar-refractivity contribution < 1.29 is 4.79 Å². The molecule has 3 aromatic rings. The highest BCUT2D eigenvalue weighted by molar-refractivity contribution is 8.00. The number of nitrogens with zero attached hydrogens (tertiary/aromatic N) is 2. The first kappa shape index (κ1) is 16.5. The van der Waals surface area contributed by atoms with Crippen LogP contribution >= 0.6 is 23.4 Å². The lowest BCUT2D eigenvalue weighted by atomic mass is 10.2. The number of carbonyl (C=O) groups is 1. The molecule has 0 saturated heterocycles. The maximum absolute atomic E-state index is 12.3. The minimum Gasteiger partial charge on any atom is -0.325 e. The van der Waals surface area contributed by atoms with Crippen molar-refractivity contribution in [3.8, 4) is 11.4 Å². The van der Waals surface area contributed by atoms with Crippen LogP contribution in [0.4, 0.5) is 5.69 Å². The molecule has 0 fully saturated rings. The Balaban J connectivity index is 1.63. The zero-order chi connectivity index (χ0) is 16.9. The fourth-order valence-electron chi connectivity index (χ4n) is 2.05. The van der Waals surface area contributed by atoms with Gasteiger partial charge in [0.1, 0.15) is 0 Å². The van der Waals surface area contributed by atoms with Crippen LogP contribution in [0.3, 0.4) is 0 Å². The summed E-state index contributed by atoms with van der Waals surface area (Å²) in [6, 6.07) is 16.8. The summed E-state index contributed by atoms with van der Waals surface area (Å²) in [6.45, 7) is 1.81. The molecule has 5 nitrogen and oxygen atoms in total. The zero-order valence-electron chi connectivity index (χ0n) is 12.9. The molecule has 0 radical (unpaired) electrons. The van der Waals surface area contributed by atoms with Gasteiger partial charge in [0.05, 0.1) is 5.25 Å². The van der Waals surface area contributed by atoms with Gasteiger partial charge in [0.2, 0.25) is 11.1 Å². The Morgan fingerprint density at radius 3 is 2.75 bits per heavy atom. The SMILES string of the molecule is C[C@@H](Sc1n[nH]c(-c2ccccc2)n1)C(=O)Nc1cccc(Cl)c1. The van der Waals surface area contributed by atoms with Gasteiger partial charge < -0.3 is 5.32 Å².